The van der Waals surface area contributed by atoms with Gasteiger partial charge in [-0.25, -0.2) is 8.78 Å². The fourth-order valence-electron chi connectivity index (χ4n) is 2.62. The second kappa shape index (κ2) is 5.85. The molecule has 2 rings (SSSR count). The SMILES string of the molecule is COCC(N)C(=O)N1CCc2c(F)cc(F)cc2C1C. The average molecular weight is 284 g/mol. The van der Waals surface area contributed by atoms with Gasteiger partial charge < -0.3 is 15.4 Å². The van der Waals surface area contributed by atoms with Crippen molar-refractivity contribution < 1.29 is 18.3 Å². The van der Waals surface area contributed by atoms with E-state index in [4.69, 9.17) is 10.5 Å². The van der Waals surface area contributed by atoms with Gasteiger partial charge in [0.2, 0.25) is 5.91 Å². The van der Waals surface area contributed by atoms with Crippen LogP contribution in [-0.4, -0.2) is 37.1 Å². The van der Waals surface area contributed by atoms with E-state index in [1.54, 1.807) is 11.8 Å². The molecule has 2 atom stereocenters. The summed E-state index contributed by atoms with van der Waals surface area (Å²) in [6.45, 7) is 2.23. The van der Waals surface area contributed by atoms with Crippen LogP contribution in [0.5, 0.6) is 0 Å². The van der Waals surface area contributed by atoms with Gasteiger partial charge in [0.1, 0.15) is 17.7 Å². The van der Waals surface area contributed by atoms with E-state index in [1.165, 1.54) is 13.2 Å². The van der Waals surface area contributed by atoms with Crippen molar-refractivity contribution >= 4 is 5.91 Å². The highest BCUT2D eigenvalue weighted by Gasteiger charge is 2.32. The third-order valence-corrected chi connectivity index (χ3v) is 3.66. The number of hydrogen-bond acceptors (Lipinski definition) is 3. The zero-order valence-electron chi connectivity index (χ0n) is 11.5. The van der Waals surface area contributed by atoms with Crippen LogP contribution in [0.15, 0.2) is 12.1 Å². The van der Waals surface area contributed by atoms with Crippen molar-refractivity contribution in [2.24, 2.45) is 5.73 Å². The minimum atomic E-state index is -0.762. The van der Waals surface area contributed by atoms with Crippen molar-refractivity contribution in [2.45, 2.75) is 25.4 Å². The number of benzene rings is 1. The summed E-state index contributed by atoms with van der Waals surface area (Å²) in [5.74, 6) is -1.46. The van der Waals surface area contributed by atoms with E-state index in [2.05, 4.69) is 0 Å². The molecule has 0 bridgehead atoms. The zero-order chi connectivity index (χ0) is 14.9. The Morgan fingerprint density at radius 2 is 2.25 bits per heavy atom. The van der Waals surface area contributed by atoms with Gasteiger partial charge in [0.05, 0.1) is 12.6 Å². The summed E-state index contributed by atoms with van der Waals surface area (Å²) in [5, 5.41) is 0. The van der Waals surface area contributed by atoms with Gasteiger partial charge in [0.25, 0.3) is 0 Å². The highest BCUT2D eigenvalue weighted by Crippen LogP contribution is 2.32. The quantitative estimate of drug-likeness (QED) is 0.912. The lowest BCUT2D eigenvalue weighted by atomic mass is 9.92. The van der Waals surface area contributed by atoms with Gasteiger partial charge >= 0.3 is 0 Å². The molecule has 1 aromatic carbocycles. The molecule has 1 heterocycles. The molecule has 1 aliphatic heterocycles. The highest BCUT2D eigenvalue weighted by atomic mass is 19.1. The Morgan fingerprint density at radius 1 is 1.55 bits per heavy atom. The third kappa shape index (κ3) is 2.66. The molecule has 0 spiro atoms. The van der Waals surface area contributed by atoms with Crippen molar-refractivity contribution in [3.05, 3.63) is 34.9 Å². The minimum Gasteiger partial charge on any atom is -0.383 e. The molecule has 4 nitrogen and oxygen atoms in total. The first kappa shape index (κ1) is 14.9. The van der Waals surface area contributed by atoms with Gasteiger partial charge in [0.15, 0.2) is 0 Å². The predicted molar refractivity (Wildman–Crippen MR) is 70.0 cm³/mol. The third-order valence-electron chi connectivity index (χ3n) is 3.66. The molecule has 20 heavy (non-hydrogen) atoms. The molecule has 110 valence electrons. The lowest BCUT2D eigenvalue weighted by Crippen LogP contribution is -2.49. The number of rotatable bonds is 3. The van der Waals surface area contributed by atoms with E-state index in [0.29, 0.717) is 24.1 Å². The van der Waals surface area contributed by atoms with Gasteiger partial charge in [-0.05, 0) is 30.5 Å². The summed E-state index contributed by atoms with van der Waals surface area (Å²) >= 11 is 0. The maximum Gasteiger partial charge on any atom is 0.242 e. The molecule has 2 unspecified atom stereocenters. The molecule has 0 aliphatic carbocycles. The molecule has 0 saturated heterocycles. The van der Waals surface area contributed by atoms with Crippen molar-refractivity contribution in [1.82, 2.24) is 4.90 Å². The maximum atomic E-state index is 13.7. The first-order valence-electron chi connectivity index (χ1n) is 6.48. The number of nitrogens with two attached hydrogens (primary N) is 1. The fraction of sp³-hybridized carbons (Fsp3) is 0.500. The van der Waals surface area contributed by atoms with E-state index >= 15 is 0 Å². The Kier molecular flexibility index (Phi) is 4.35. The summed E-state index contributed by atoms with van der Waals surface area (Å²) in [4.78, 5) is 13.8. The van der Waals surface area contributed by atoms with Crippen LogP contribution in [-0.2, 0) is 16.0 Å². The number of carbonyl (C=O) groups is 1. The topological polar surface area (TPSA) is 55.6 Å². The van der Waals surface area contributed by atoms with Crippen LogP contribution in [0.1, 0.15) is 24.1 Å². The second-order valence-corrected chi connectivity index (χ2v) is 4.97. The van der Waals surface area contributed by atoms with E-state index in [1.807, 2.05) is 0 Å². The van der Waals surface area contributed by atoms with Crippen LogP contribution in [0.2, 0.25) is 0 Å². The average Bonchev–Trinajstić information content (AvgIpc) is 2.39. The molecule has 0 saturated carbocycles. The first-order valence-corrected chi connectivity index (χ1v) is 6.48. The summed E-state index contributed by atoms with van der Waals surface area (Å²) in [6, 6.07) is 0.992. The van der Waals surface area contributed by atoms with Crippen LogP contribution in [0, 0.1) is 11.6 Å². The molecule has 0 fully saturated rings. The molecular formula is C14H18F2N2O2. The van der Waals surface area contributed by atoms with Crippen molar-refractivity contribution in [3.8, 4) is 0 Å². The van der Waals surface area contributed by atoms with Crippen LogP contribution >= 0.6 is 0 Å². The number of methoxy groups -OCH3 is 1. The fourth-order valence-corrected chi connectivity index (χ4v) is 2.62. The molecule has 0 radical (unpaired) electrons. The van der Waals surface area contributed by atoms with Gasteiger partial charge in [0, 0.05) is 19.7 Å². The van der Waals surface area contributed by atoms with Crippen LogP contribution in [0.3, 0.4) is 0 Å². The van der Waals surface area contributed by atoms with Crippen LogP contribution in [0.25, 0.3) is 0 Å². The predicted octanol–water partition coefficient (Wildman–Crippen LogP) is 1.38. The molecule has 1 amide bonds. The lowest BCUT2D eigenvalue weighted by Gasteiger charge is -2.36. The van der Waals surface area contributed by atoms with Crippen LogP contribution in [0.4, 0.5) is 8.78 Å². The first-order chi connectivity index (χ1) is 9.45. The summed E-state index contributed by atoms with van der Waals surface area (Å²) in [7, 11) is 1.47. The van der Waals surface area contributed by atoms with Gasteiger partial charge in [-0.15, -0.1) is 0 Å². The smallest absolute Gasteiger partial charge is 0.242 e. The highest BCUT2D eigenvalue weighted by molar-refractivity contribution is 5.82. The Labute approximate surface area is 116 Å². The van der Waals surface area contributed by atoms with Crippen LogP contribution < -0.4 is 5.73 Å². The molecule has 1 aliphatic rings. The van der Waals surface area contributed by atoms with E-state index in [9.17, 15) is 13.6 Å². The molecule has 6 heteroatoms. The van der Waals surface area contributed by atoms with Gasteiger partial charge in [-0.2, -0.15) is 0 Å². The number of nitrogens with zero attached hydrogens (tertiary/aromatic N) is 1. The number of fused-ring (bicyclic) bond motifs is 1. The van der Waals surface area contributed by atoms with E-state index < -0.39 is 23.7 Å². The number of halogens is 2. The van der Waals surface area contributed by atoms with E-state index in [0.717, 1.165) is 6.07 Å². The number of carbonyl (C=O) groups excluding carboxylic acids is 1. The maximum absolute atomic E-state index is 13.7. The van der Waals surface area contributed by atoms with E-state index in [-0.39, 0.29) is 12.5 Å². The number of ether oxygens (including phenoxy) is 1. The van der Waals surface area contributed by atoms with Gasteiger partial charge in [-0.1, -0.05) is 0 Å². The minimum absolute atomic E-state index is 0.117. The molecule has 1 aromatic rings. The molecular weight excluding hydrogens is 266 g/mol. The number of amides is 1. The summed E-state index contributed by atoms with van der Waals surface area (Å²) in [6.07, 6.45) is 0.358. The summed E-state index contributed by atoms with van der Waals surface area (Å²) < 4.78 is 31.9. The molecule has 0 aromatic heterocycles. The normalized spacial score (nSPS) is 19.6. The van der Waals surface area contributed by atoms with Crippen molar-refractivity contribution in [3.63, 3.8) is 0 Å². The largest absolute Gasteiger partial charge is 0.383 e. The monoisotopic (exact) mass is 284 g/mol. The zero-order valence-corrected chi connectivity index (χ0v) is 11.5. The van der Waals surface area contributed by atoms with Crippen molar-refractivity contribution in [1.29, 1.82) is 0 Å². The Balaban J connectivity index is 2.27. The molecule has 2 N–H and O–H groups in total. The summed E-state index contributed by atoms with van der Waals surface area (Å²) in [5.41, 5.74) is 6.72. The Bertz CT molecular complexity index is 522. The number of hydrogen-bond donors (Lipinski definition) is 1. The second-order valence-electron chi connectivity index (χ2n) is 4.97. The standard InChI is InChI=1S/C14H18F2N2O2/c1-8-11-5-9(15)6-12(16)10(11)3-4-18(8)14(19)13(17)7-20-2/h5-6,8,13H,3-4,7,17H2,1-2H3. The lowest BCUT2D eigenvalue weighted by molar-refractivity contribution is -0.136. The Hall–Kier alpha value is -1.53. The Morgan fingerprint density at radius 3 is 2.90 bits per heavy atom. The van der Waals surface area contributed by atoms with Gasteiger partial charge in [-0.3, -0.25) is 4.79 Å². The van der Waals surface area contributed by atoms with Crippen molar-refractivity contribution in [2.75, 3.05) is 20.3 Å².